The van der Waals surface area contributed by atoms with Crippen LogP contribution in [0.2, 0.25) is 10.0 Å². The first-order valence-corrected chi connectivity index (χ1v) is 15.7. The number of ether oxygens (including phenoxy) is 1. The van der Waals surface area contributed by atoms with Crippen molar-refractivity contribution in [2.45, 2.75) is 51.1 Å². The second kappa shape index (κ2) is 15.2. The third-order valence-electron chi connectivity index (χ3n) is 6.44. The van der Waals surface area contributed by atoms with Crippen molar-refractivity contribution >= 4 is 50.7 Å². The predicted molar refractivity (Wildman–Crippen MR) is 163 cm³/mol. The summed E-state index contributed by atoms with van der Waals surface area (Å²) in [7, 11) is -4.33. The quantitative estimate of drug-likeness (QED) is 0.232. The molecule has 3 aromatic carbocycles. The molecular formula is C30H34Cl2FN3O5S. The van der Waals surface area contributed by atoms with Gasteiger partial charge in [-0.3, -0.25) is 13.9 Å². The van der Waals surface area contributed by atoms with Gasteiger partial charge in [0.15, 0.2) is 0 Å². The fourth-order valence-electron chi connectivity index (χ4n) is 4.28. The molecule has 0 radical (unpaired) electrons. The molecule has 8 nitrogen and oxygen atoms in total. The molecule has 0 bridgehead atoms. The van der Waals surface area contributed by atoms with Gasteiger partial charge in [-0.1, -0.05) is 43.1 Å². The normalized spacial score (nSPS) is 12.0. The van der Waals surface area contributed by atoms with E-state index in [1.807, 2.05) is 6.92 Å². The van der Waals surface area contributed by atoms with E-state index in [1.165, 1.54) is 41.3 Å². The summed E-state index contributed by atoms with van der Waals surface area (Å²) in [5.41, 5.74) is 0.483. The highest BCUT2D eigenvalue weighted by Crippen LogP contribution is 2.29. The largest absolute Gasteiger partial charge is 0.494 e. The van der Waals surface area contributed by atoms with Crippen molar-refractivity contribution in [2.75, 3.05) is 24.0 Å². The maximum atomic E-state index is 14.1. The summed E-state index contributed by atoms with van der Waals surface area (Å²) in [6.07, 6.45) is 0.927. The second-order valence-electron chi connectivity index (χ2n) is 9.33. The average molecular weight is 639 g/mol. The van der Waals surface area contributed by atoms with Crippen LogP contribution in [-0.4, -0.2) is 50.9 Å². The van der Waals surface area contributed by atoms with Crippen molar-refractivity contribution in [3.8, 4) is 5.75 Å². The van der Waals surface area contributed by atoms with Crippen molar-refractivity contribution in [1.29, 1.82) is 0 Å². The third kappa shape index (κ3) is 8.14. The van der Waals surface area contributed by atoms with Gasteiger partial charge in [-0.15, -0.1) is 0 Å². The molecule has 226 valence electrons. The van der Waals surface area contributed by atoms with E-state index in [0.717, 1.165) is 16.4 Å². The fourth-order valence-corrected chi connectivity index (χ4v) is 6.21. The number of hydrogen-bond acceptors (Lipinski definition) is 5. The summed E-state index contributed by atoms with van der Waals surface area (Å²) in [6.45, 7) is 5.44. The van der Waals surface area contributed by atoms with Crippen LogP contribution >= 0.6 is 23.2 Å². The minimum atomic E-state index is -4.33. The van der Waals surface area contributed by atoms with Crippen molar-refractivity contribution in [1.82, 2.24) is 10.2 Å². The number of rotatable bonds is 14. The van der Waals surface area contributed by atoms with Gasteiger partial charge in [-0.2, -0.15) is 0 Å². The molecule has 0 unspecified atom stereocenters. The molecule has 12 heteroatoms. The monoisotopic (exact) mass is 637 g/mol. The minimum Gasteiger partial charge on any atom is -0.494 e. The minimum absolute atomic E-state index is 0.0674. The maximum Gasteiger partial charge on any atom is 0.264 e. The Morgan fingerprint density at radius 3 is 2.12 bits per heavy atom. The molecule has 0 aliphatic carbocycles. The lowest BCUT2D eigenvalue weighted by atomic mass is 10.1. The van der Waals surface area contributed by atoms with E-state index in [9.17, 15) is 22.4 Å². The number of halogens is 3. The Morgan fingerprint density at radius 2 is 1.57 bits per heavy atom. The lowest BCUT2D eigenvalue weighted by molar-refractivity contribution is -0.140. The van der Waals surface area contributed by atoms with Crippen LogP contribution in [0.15, 0.2) is 71.6 Å². The highest BCUT2D eigenvalue weighted by atomic mass is 35.5. The SMILES string of the molecule is CCCNC(=O)[C@H](CC)N(Cc1c(Cl)cccc1Cl)C(=O)CN(c1ccc(F)cc1)S(=O)(=O)c1ccc(OCC)cc1. The zero-order valence-electron chi connectivity index (χ0n) is 23.6. The Balaban J connectivity index is 2.07. The third-order valence-corrected chi connectivity index (χ3v) is 8.94. The second-order valence-corrected chi connectivity index (χ2v) is 12.0. The lowest BCUT2D eigenvalue weighted by Crippen LogP contribution is -2.52. The van der Waals surface area contributed by atoms with Crippen molar-refractivity contribution in [3.63, 3.8) is 0 Å². The van der Waals surface area contributed by atoms with Crippen molar-refractivity contribution < 1.29 is 27.1 Å². The molecule has 0 fully saturated rings. The summed E-state index contributed by atoms with van der Waals surface area (Å²) in [4.78, 5) is 28.4. The van der Waals surface area contributed by atoms with Gasteiger partial charge in [0.2, 0.25) is 11.8 Å². The van der Waals surface area contributed by atoms with Crippen LogP contribution in [-0.2, 0) is 26.2 Å². The van der Waals surface area contributed by atoms with E-state index in [-0.39, 0.29) is 23.5 Å². The molecule has 3 rings (SSSR count). The number of amides is 2. The molecule has 0 aromatic heterocycles. The number of carbonyl (C=O) groups is 2. The fraction of sp³-hybridized carbons (Fsp3) is 0.333. The van der Waals surface area contributed by atoms with Crippen LogP contribution in [0.25, 0.3) is 0 Å². The Kier molecular flexibility index (Phi) is 12.0. The number of anilines is 1. The molecule has 1 N–H and O–H groups in total. The number of sulfonamides is 1. The van der Waals surface area contributed by atoms with E-state index in [2.05, 4.69) is 5.32 Å². The molecule has 0 saturated carbocycles. The number of hydrogen-bond donors (Lipinski definition) is 1. The van der Waals surface area contributed by atoms with E-state index < -0.39 is 40.2 Å². The summed E-state index contributed by atoms with van der Waals surface area (Å²) in [5, 5.41) is 3.40. The smallest absolute Gasteiger partial charge is 0.264 e. The van der Waals surface area contributed by atoms with E-state index in [1.54, 1.807) is 32.0 Å². The first-order valence-electron chi connectivity index (χ1n) is 13.5. The van der Waals surface area contributed by atoms with Crippen LogP contribution in [0, 0.1) is 5.82 Å². The van der Waals surface area contributed by atoms with Gasteiger partial charge in [0.25, 0.3) is 10.0 Å². The number of nitrogens with one attached hydrogen (secondary N) is 1. The number of nitrogens with zero attached hydrogens (tertiary/aromatic N) is 2. The van der Waals surface area contributed by atoms with Gasteiger partial charge >= 0.3 is 0 Å². The van der Waals surface area contributed by atoms with Crippen molar-refractivity contribution in [3.05, 3.63) is 88.2 Å². The Bertz CT molecular complexity index is 1450. The van der Waals surface area contributed by atoms with Gasteiger partial charge in [0.1, 0.15) is 24.2 Å². The topological polar surface area (TPSA) is 96.0 Å². The molecule has 2 amide bonds. The molecule has 3 aromatic rings. The van der Waals surface area contributed by atoms with Crippen LogP contribution < -0.4 is 14.4 Å². The van der Waals surface area contributed by atoms with Crippen LogP contribution in [0.1, 0.15) is 39.2 Å². The van der Waals surface area contributed by atoms with E-state index in [4.69, 9.17) is 27.9 Å². The van der Waals surface area contributed by atoms with Gasteiger partial charge in [0.05, 0.1) is 17.2 Å². The molecule has 0 aliphatic rings. The Hall–Kier alpha value is -3.34. The summed E-state index contributed by atoms with van der Waals surface area (Å²) in [6, 6.07) is 14.5. The van der Waals surface area contributed by atoms with E-state index >= 15 is 0 Å². The first kappa shape index (κ1) is 33.2. The van der Waals surface area contributed by atoms with Crippen LogP contribution in [0.5, 0.6) is 5.75 Å². The van der Waals surface area contributed by atoms with Gasteiger partial charge in [0, 0.05) is 28.7 Å². The number of benzene rings is 3. The summed E-state index contributed by atoms with van der Waals surface area (Å²) >= 11 is 12.8. The van der Waals surface area contributed by atoms with Crippen LogP contribution in [0.3, 0.4) is 0 Å². The van der Waals surface area contributed by atoms with Gasteiger partial charge in [-0.25, -0.2) is 12.8 Å². The molecule has 1 atom stereocenters. The van der Waals surface area contributed by atoms with Gasteiger partial charge in [-0.05, 0) is 80.4 Å². The lowest BCUT2D eigenvalue weighted by Gasteiger charge is -2.33. The average Bonchev–Trinajstić information content (AvgIpc) is 2.97. The molecule has 0 saturated heterocycles. The highest BCUT2D eigenvalue weighted by Gasteiger charge is 2.34. The molecule has 0 spiro atoms. The zero-order valence-corrected chi connectivity index (χ0v) is 26.0. The molecular weight excluding hydrogens is 604 g/mol. The zero-order chi connectivity index (χ0) is 30.9. The standard InChI is InChI=1S/C30H34Cl2FN3O5S/c1-4-18-34-30(38)28(5-2)35(19-25-26(31)8-7-9-27(25)32)29(37)20-36(22-12-10-21(33)11-13-22)42(39,40)24-16-14-23(15-17-24)41-6-3/h7-17,28H,4-6,18-20H2,1-3H3,(H,34,38)/t28-/m0/s1. The first-order chi connectivity index (χ1) is 20.0. The Labute approximate surface area is 256 Å². The Morgan fingerprint density at radius 1 is 0.952 bits per heavy atom. The van der Waals surface area contributed by atoms with Crippen molar-refractivity contribution in [2.24, 2.45) is 0 Å². The highest BCUT2D eigenvalue weighted by molar-refractivity contribution is 7.92. The molecule has 0 heterocycles. The van der Waals surface area contributed by atoms with Crippen LogP contribution in [0.4, 0.5) is 10.1 Å². The van der Waals surface area contributed by atoms with Gasteiger partial charge < -0.3 is 15.0 Å². The number of carbonyl (C=O) groups excluding carboxylic acids is 2. The maximum absolute atomic E-state index is 14.1. The predicted octanol–water partition coefficient (Wildman–Crippen LogP) is 6.06. The summed E-state index contributed by atoms with van der Waals surface area (Å²) < 4.78 is 48.0. The molecule has 42 heavy (non-hydrogen) atoms. The van der Waals surface area contributed by atoms with E-state index in [0.29, 0.717) is 40.9 Å². The molecule has 0 aliphatic heterocycles. The summed E-state index contributed by atoms with van der Waals surface area (Å²) in [5.74, 6) is -1.16.